The van der Waals surface area contributed by atoms with E-state index in [1.807, 2.05) is 18.7 Å². The molecular weight excluding hydrogens is 1430 g/mol. The average Bonchev–Trinajstić information content (AvgIpc) is 1.00. The van der Waals surface area contributed by atoms with Crippen LogP contribution in [0.2, 0.25) is 0 Å². The van der Waals surface area contributed by atoms with Crippen molar-refractivity contribution in [2.24, 2.45) is 23.2 Å². The van der Waals surface area contributed by atoms with Crippen LogP contribution < -0.4 is 0 Å². The van der Waals surface area contributed by atoms with Crippen LogP contribution in [0.15, 0.2) is 0 Å². The van der Waals surface area contributed by atoms with Crippen LogP contribution in [0.3, 0.4) is 0 Å². The number of methoxy groups -OCH3 is 1. The first-order valence-electron chi connectivity index (χ1n) is 39.4. The summed E-state index contributed by atoms with van der Waals surface area (Å²) in [7, 11) is 1.56. The van der Waals surface area contributed by atoms with Crippen LogP contribution in [0.1, 0.15) is 90.9 Å². The van der Waals surface area contributed by atoms with E-state index < -0.39 is 146 Å². The van der Waals surface area contributed by atoms with Crippen LogP contribution in [0, 0.1) is 23.2 Å². The van der Waals surface area contributed by atoms with Gasteiger partial charge in [0.15, 0.2) is 0 Å². The third-order valence-corrected chi connectivity index (χ3v) is 23.8. The molecule has 0 aromatic heterocycles. The van der Waals surface area contributed by atoms with Gasteiger partial charge >= 0.3 is 0 Å². The van der Waals surface area contributed by atoms with E-state index in [0.29, 0.717) is 77.7 Å². The Labute approximate surface area is 635 Å². The smallest absolute Gasteiger partial charge is 0.109 e. The quantitative estimate of drug-likeness (QED) is 0.0324. The largest absolute Gasteiger partial charge is 0.395 e. The lowest BCUT2D eigenvalue weighted by Crippen LogP contribution is -2.63. The van der Waals surface area contributed by atoms with E-state index in [-0.39, 0.29) is 91.1 Å². The molecule has 0 radical (unpaired) electrons. The first-order chi connectivity index (χ1) is 51.6. The van der Waals surface area contributed by atoms with Crippen LogP contribution in [0.4, 0.5) is 0 Å². The molecule has 0 aromatic rings. The van der Waals surface area contributed by atoms with Gasteiger partial charge in [-0.2, -0.15) is 0 Å². The molecule has 8 saturated heterocycles. The second kappa shape index (κ2) is 48.3. The third kappa shape index (κ3) is 27.1. The van der Waals surface area contributed by atoms with Crippen LogP contribution in [-0.2, 0) is 28.4 Å². The maximum absolute atomic E-state index is 10.0. The summed E-state index contributed by atoms with van der Waals surface area (Å²) in [5.41, 5.74) is 0.466. The van der Waals surface area contributed by atoms with Gasteiger partial charge in [-0.15, -0.1) is 0 Å². The standard InChI is InChI=1S/C21H37NO5.2C11H21NO5.2C10H21NO5.C9H19NO5/c23-12-17-19(25)20(26)18(24)11-22(17)3-1-2-4-27-13-21-8-14-5-15(9-21)7-16(6-14)10-21;2*13-6-8-10(15)11(16)9(14)5-12(8)4-7-2-1-3-17-7;2*1-2-16-4-3-11-5-8(13)10(15)9(14)7(11)6-12;1-15-3-2-10-4-7(12)9(14)8(13)6(10)5-11/h14-20,23-26H,1-13H2;2*7-11,13-16H,1-6H2;2*7-10,12-15H,2-6H2,1H3;6-9,11-14H,2-5H2,1H3/t14?,15?,16?,17-,18+,19-,20-,21?;2*7?,8-,9+,10-,11-;2*7-,8+,9-,10-;6-,7+,8-,9-/m111111/s1. The minimum absolute atomic E-state index is 0.0960. The van der Waals surface area contributed by atoms with Crippen molar-refractivity contribution in [1.29, 1.82) is 0 Å². The minimum atomic E-state index is -1.19. The Kier molecular flexibility index (Phi) is 42.7. The molecule has 36 heteroatoms. The fraction of sp³-hybridized carbons (Fsp3) is 1.00. The molecule has 36 nitrogen and oxygen atoms in total. The van der Waals surface area contributed by atoms with Gasteiger partial charge in [0.25, 0.3) is 0 Å². The number of hydrogen-bond acceptors (Lipinski definition) is 36. The summed E-state index contributed by atoms with van der Waals surface area (Å²) in [6.45, 7) is 12.9. The van der Waals surface area contributed by atoms with Crippen molar-refractivity contribution < 1.29 is 151 Å². The lowest BCUT2D eigenvalue weighted by Gasteiger charge is -2.56. The topological polar surface area (TPSA) is 560 Å². The molecule has 4 aliphatic carbocycles. The van der Waals surface area contributed by atoms with E-state index in [1.54, 1.807) is 31.6 Å². The highest BCUT2D eigenvalue weighted by atomic mass is 16.5. The number of piperidine rings is 6. The van der Waals surface area contributed by atoms with Gasteiger partial charge < -0.3 is 151 Å². The fourth-order valence-corrected chi connectivity index (χ4v) is 18.0. The van der Waals surface area contributed by atoms with E-state index in [1.165, 1.54) is 38.5 Å². The lowest BCUT2D eigenvalue weighted by atomic mass is 9.50. The molecule has 4 bridgehead atoms. The van der Waals surface area contributed by atoms with Gasteiger partial charge in [0.1, 0.15) is 73.2 Å². The van der Waals surface area contributed by atoms with Crippen LogP contribution in [0.25, 0.3) is 0 Å². The number of nitrogens with zero attached hydrogens (tertiary/aromatic N) is 6. The van der Waals surface area contributed by atoms with Crippen molar-refractivity contribution in [3.05, 3.63) is 0 Å². The first kappa shape index (κ1) is 95.4. The number of unbranched alkanes of at least 4 members (excludes halogenated alkanes) is 1. The number of likely N-dealkylation sites (tertiary alicyclic amines) is 6. The zero-order chi connectivity index (χ0) is 79.5. The molecule has 0 aromatic carbocycles. The number of rotatable bonds is 28. The van der Waals surface area contributed by atoms with Crippen LogP contribution >= 0.6 is 0 Å². The van der Waals surface area contributed by atoms with Crippen molar-refractivity contribution in [2.75, 3.05) is 185 Å². The van der Waals surface area contributed by atoms with Crippen molar-refractivity contribution >= 4 is 0 Å². The van der Waals surface area contributed by atoms with Gasteiger partial charge in [-0.1, -0.05) is 0 Å². The summed E-state index contributed by atoms with van der Waals surface area (Å²) in [6, 6.07) is -3.19. The maximum Gasteiger partial charge on any atom is 0.109 e. The van der Waals surface area contributed by atoms with E-state index >= 15 is 0 Å². The molecular formula is C72H140N6O30. The SMILES string of the molecule is CCOCCN1C[C@H](O)[C@@H](O)[C@H](O)[C@H]1CO.CCOCCN1C[C@H](O)[C@@H](O)[C@H](O)[C@H]1CO.COCCN1C[C@H](O)[C@@H](O)[C@H](O)[C@H]1CO.OC[C@@H]1[C@@H](O)[C@H](O)[C@@H](O)CN1CC1CCCO1.OC[C@@H]1[C@@H](O)[C@H](O)[C@@H](O)CN1CC1CCCO1.OC[C@@H]1[C@@H](O)[C@H](O)[C@@H](O)CN1CCCCOCC12CC3CC(CC(C3)C1)C2. The normalized spacial score (nSPS) is 41.8. The summed E-state index contributed by atoms with van der Waals surface area (Å²) in [5, 5.41) is 229. The monoisotopic (exact) mass is 1570 g/mol. The molecule has 8 aliphatic heterocycles. The van der Waals surface area contributed by atoms with Gasteiger partial charge in [0.05, 0.1) is 151 Å². The number of aliphatic hydroxyl groups excluding tert-OH is 24. The molecule has 12 rings (SSSR count). The number of β-amino-alcohol motifs (C(OH)–C–C–N with tert-alkyl or cyclic N) is 6. The molecule has 0 amide bonds. The molecule has 0 spiro atoms. The van der Waals surface area contributed by atoms with E-state index in [0.717, 1.165) is 82.7 Å². The molecule has 4 saturated carbocycles. The Morgan fingerprint density at radius 1 is 0.333 bits per heavy atom. The van der Waals surface area contributed by atoms with Crippen molar-refractivity contribution in [1.82, 2.24) is 29.4 Å². The van der Waals surface area contributed by atoms with Crippen LogP contribution in [-0.4, -0.2) is 495 Å². The Hall–Kier alpha value is -1.44. The van der Waals surface area contributed by atoms with Gasteiger partial charge in [0.2, 0.25) is 0 Å². The second-order valence-electron chi connectivity index (χ2n) is 31.5. The molecule has 108 heavy (non-hydrogen) atoms. The maximum atomic E-state index is 10.0. The van der Waals surface area contributed by atoms with E-state index in [2.05, 4.69) is 0 Å². The van der Waals surface area contributed by atoms with Gasteiger partial charge in [-0.05, 0) is 121 Å². The fourth-order valence-electron chi connectivity index (χ4n) is 18.0. The molecule has 2 unspecified atom stereocenters. The van der Waals surface area contributed by atoms with Crippen molar-refractivity contribution in [3.8, 4) is 0 Å². The van der Waals surface area contributed by atoms with Gasteiger partial charge in [-0.3, -0.25) is 29.4 Å². The van der Waals surface area contributed by atoms with Gasteiger partial charge in [0, 0.05) is 112 Å². The Morgan fingerprint density at radius 3 is 0.880 bits per heavy atom. The molecule has 12 fully saturated rings. The summed E-state index contributed by atoms with van der Waals surface area (Å²) >= 11 is 0. The Bertz CT molecular complexity index is 2250. The molecule has 24 N–H and O–H groups in total. The van der Waals surface area contributed by atoms with Crippen LogP contribution in [0.5, 0.6) is 0 Å². The van der Waals surface area contributed by atoms with E-state index in [9.17, 15) is 107 Å². The highest BCUT2D eigenvalue weighted by Crippen LogP contribution is 2.60. The molecule has 26 atom stereocenters. The number of ether oxygens (including phenoxy) is 6. The Morgan fingerprint density at radius 2 is 0.611 bits per heavy atom. The summed E-state index contributed by atoms with van der Waals surface area (Å²) < 4.78 is 32.3. The lowest BCUT2D eigenvalue weighted by molar-refractivity contribution is -0.150. The zero-order valence-corrected chi connectivity index (χ0v) is 63.7. The number of aliphatic hydroxyl groups is 24. The average molecular weight is 1570 g/mol. The molecule has 12 aliphatic rings. The third-order valence-electron chi connectivity index (χ3n) is 23.8. The zero-order valence-electron chi connectivity index (χ0n) is 63.7. The van der Waals surface area contributed by atoms with Gasteiger partial charge in [-0.25, -0.2) is 0 Å². The first-order valence-corrected chi connectivity index (χ1v) is 39.4. The number of hydrogen-bond donors (Lipinski definition) is 24. The minimum Gasteiger partial charge on any atom is -0.395 e. The Balaban J connectivity index is 0.000000206. The highest BCUT2D eigenvalue weighted by Gasteiger charge is 2.52. The summed E-state index contributed by atoms with van der Waals surface area (Å²) in [5.74, 6) is 2.88. The second-order valence-corrected chi connectivity index (χ2v) is 31.5. The molecule has 638 valence electrons. The van der Waals surface area contributed by atoms with Crippen molar-refractivity contribution in [2.45, 2.75) is 249 Å². The summed E-state index contributed by atoms with van der Waals surface area (Å²) in [6.07, 6.45) is -5.22. The van der Waals surface area contributed by atoms with Crippen molar-refractivity contribution in [3.63, 3.8) is 0 Å². The highest BCUT2D eigenvalue weighted by molar-refractivity contribution is 5.03. The van der Waals surface area contributed by atoms with E-state index in [4.69, 9.17) is 43.7 Å². The summed E-state index contributed by atoms with van der Waals surface area (Å²) in [4.78, 5) is 10.7. The molecule has 8 heterocycles. The predicted molar refractivity (Wildman–Crippen MR) is 386 cm³/mol. The predicted octanol–water partition coefficient (Wildman–Crippen LogP) is -10.4.